The van der Waals surface area contributed by atoms with Crippen molar-refractivity contribution in [2.75, 3.05) is 12.1 Å². The standard InChI is InChI=1S/C23H17BrN2O2S/c1-26(18-10-3-2-4-11-18)25-15-21-22(19-12-5-6-13-20(19)29-21)28-23(27)16-8-7-9-17(24)14-16/h2-15H,1H3/b25-15+. The number of carbonyl (C=O) groups is 1. The van der Waals surface area contributed by atoms with Gasteiger partial charge in [0.1, 0.15) is 0 Å². The van der Waals surface area contributed by atoms with Gasteiger partial charge in [-0.1, -0.05) is 52.3 Å². The first kappa shape index (κ1) is 19.4. The van der Waals surface area contributed by atoms with E-state index in [0.29, 0.717) is 11.3 Å². The molecule has 4 aromatic rings. The molecule has 0 aliphatic heterocycles. The summed E-state index contributed by atoms with van der Waals surface area (Å²) in [5.41, 5.74) is 1.46. The van der Waals surface area contributed by atoms with Gasteiger partial charge in [0.15, 0.2) is 5.75 Å². The lowest BCUT2D eigenvalue weighted by Gasteiger charge is -2.12. The molecule has 3 aromatic carbocycles. The molecule has 0 aliphatic rings. The van der Waals surface area contributed by atoms with E-state index in [9.17, 15) is 4.79 Å². The van der Waals surface area contributed by atoms with Crippen LogP contribution in [0.1, 0.15) is 15.2 Å². The zero-order valence-corrected chi connectivity index (χ0v) is 18.0. The molecule has 4 nitrogen and oxygen atoms in total. The molecule has 144 valence electrons. The Balaban J connectivity index is 1.67. The van der Waals surface area contributed by atoms with Crippen LogP contribution in [0.15, 0.2) is 88.4 Å². The van der Waals surface area contributed by atoms with Crippen molar-refractivity contribution in [2.24, 2.45) is 5.10 Å². The van der Waals surface area contributed by atoms with Crippen LogP contribution in [-0.4, -0.2) is 19.2 Å². The molecule has 0 amide bonds. The van der Waals surface area contributed by atoms with E-state index in [2.05, 4.69) is 21.0 Å². The van der Waals surface area contributed by atoms with Crippen molar-refractivity contribution < 1.29 is 9.53 Å². The number of ether oxygens (including phenoxy) is 1. The van der Waals surface area contributed by atoms with Crippen molar-refractivity contribution in [3.05, 3.63) is 93.8 Å². The van der Waals surface area contributed by atoms with Crippen LogP contribution in [0.4, 0.5) is 5.69 Å². The second kappa shape index (κ2) is 8.59. The highest BCUT2D eigenvalue weighted by Gasteiger charge is 2.17. The summed E-state index contributed by atoms with van der Waals surface area (Å²) in [6, 6.07) is 24.9. The van der Waals surface area contributed by atoms with Gasteiger partial charge in [0.2, 0.25) is 0 Å². The summed E-state index contributed by atoms with van der Waals surface area (Å²) in [5.74, 6) is 0.127. The van der Waals surface area contributed by atoms with Gasteiger partial charge in [-0.05, 0) is 42.5 Å². The Hall–Kier alpha value is -2.96. The Bertz CT molecular complexity index is 1190. The quantitative estimate of drug-likeness (QED) is 0.196. The van der Waals surface area contributed by atoms with Crippen molar-refractivity contribution in [3.63, 3.8) is 0 Å². The number of rotatable bonds is 5. The number of carbonyl (C=O) groups excluding carboxylic acids is 1. The van der Waals surface area contributed by atoms with Crippen molar-refractivity contribution in [1.82, 2.24) is 0 Å². The Morgan fingerprint density at radius 1 is 1.03 bits per heavy atom. The zero-order chi connectivity index (χ0) is 20.2. The minimum atomic E-state index is -0.402. The molecule has 0 spiro atoms. The molecule has 6 heteroatoms. The normalized spacial score (nSPS) is 11.1. The Kier molecular flexibility index (Phi) is 5.74. The van der Waals surface area contributed by atoms with Gasteiger partial charge in [-0.3, -0.25) is 5.01 Å². The first-order valence-electron chi connectivity index (χ1n) is 8.94. The molecular formula is C23H17BrN2O2S. The smallest absolute Gasteiger partial charge is 0.343 e. The van der Waals surface area contributed by atoms with Crippen LogP contribution in [0.25, 0.3) is 10.1 Å². The summed E-state index contributed by atoms with van der Waals surface area (Å²) < 4.78 is 7.68. The SMILES string of the molecule is CN(/N=C/c1sc2ccccc2c1OC(=O)c1cccc(Br)c1)c1ccccc1. The van der Waals surface area contributed by atoms with Crippen LogP contribution in [-0.2, 0) is 0 Å². The van der Waals surface area contributed by atoms with E-state index < -0.39 is 5.97 Å². The summed E-state index contributed by atoms with van der Waals surface area (Å²) in [6.07, 6.45) is 1.74. The Morgan fingerprint density at radius 3 is 2.59 bits per heavy atom. The zero-order valence-electron chi connectivity index (χ0n) is 15.6. The molecule has 0 saturated heterocycles. The van der Waals surface area contributed by atoms with E-state index in [4.69, 9.17) is 4.74 Å². The summed E-state index contributed by atoms with van der Waals surface area (Å²) >= 11 is 4.93. The summed E-state index contributed by atoms with van der Waals surface area (Å²) in [5, 5.41) is 7.21. The molecular weight excluding hydrogens is 448 g/mol. The predicted octanol–water partition coefficient (Wildman–Crippen LogP) is 6.35. The molecule has 0 saturated carbocycles. The third kappa shape index (κ3) is 4.39. The second-order valence-electron chi connectivity index (χ2n) is 6.30. The number of anilines is 1. The number of thiophene rings is 1. The van der Waals surface area contributed by atoms with Crippen molar-refractivity contribution in [3.8, 4) is 5.75 Å². The fourth-order valence-corrected chi connectivity index (χ4v) is 4.25. The van der Waals surface area contributed by atoms with Gasteiger partial charge in [-0.2, -0.15) is 5.10 Å². The molecule has 0 radical (unpaired) electrons. The highest BCUT2D eigenvalue weighted by molar-refractivity contribution is 9.10. The van der Waals surface area contributed by atoms with Crippen molar-refractivity contribution >= 4 is 55.2 Å². The number of nitrogens with zero attached hydrogens (tertiary/aromatic N) is 2. The number of hydrogen-bond donors (Lipinski definition) is 0. The van der Waals surface area contributed by atoms with Gasteiger partial charge in [-0.15, -0.1) is 11.3 Å². The third-order valence-electron chi connectivity index (χ3n) is 4.31. The fourth-order valence-electron chi connectivity index (χ4n) is 2.85. The van der Waals surface area contributed by atoms with E-state index in [1.807, 2.05) is 73.8 Å². The van der Waals surface area contributed by atoms with Gasteiger partial charge >= 0.3 is 5.97 Å². The predicted molar refractivity (Wildman–Crippen MR) is 123 cm³/mol. The number of benzene rings is 3. The lowest BCUT2D eigenvalue weighted by atomic mass is 10.2. The average Bonchev–Trinajstić information content (AvgIpc) is 3.10. The number of para-hydroxylation sites is 1. The van der Waals surface area contributed by atoms with Crippen LogP contribution in [0.5, 0.6) is 5.75 Å². The van der Waals surface area contributed by atoms with Crippen molar-refractivity contribution in [2.45, 2.75) is 0 Å². The largest absolute Gasteiger partial charge is 0.421 e. The highest BCUT2D eigenvalue weighted by atomic mass is 79.9. The van der Waals surface area contributed by atoms with E-state index in [0.717, 1.165) is 25.1 Å². The summed E-state index contributed by atoms with van der Waals surface area (Å²) in [7, 11) is 1.88. The van der Waals surface area contributed by atoms with Gasteiger partial charge in [0.05, 0.1) is 22.3 Å². The maximum absolute atomic E-state index is 12.7. The van der Waals surface area contributed by atoms with Gasteiger partial charge in [-0.25, -0.2) is 4.79 Å². The van der Waals surface area contributed by atoms with Gasteiger partial charge < -0.3 is 4.74 Å². The van der Waals surface area contributed by atoms with E-state index in [1.54, 1.807) is 23.4 Å². The van der Waals surface area contributed by atoms with E-state index in [1.165, 1.54) is 11.3 Å². The van der Waals surface area contributed by atoms with E-state index in [-0.39, 0.29) is 0 Å². The summed E-state index contributed by atoms with van der Waals surface area (Å²) in [6.45, 7) is 0. The lowest BCUT2D eigenvalue weighted by Crippen LogP contribution is -2.10. The molecule has 1 aromatic heterocycles. The number of hydrazone groups is 1. The molecule has 29 heavy (non-hydrogen) atoms. The average molecular weight is 465 g/mol. The minimum Gasteiger partial charge on any atom is -0.421 e. The first-order chi connectivity index (χ1) is 14.1. The van der Waals surface area contributed by atoms with Crippen LogP contribution in [0.2, 0.25) is 0 Å². The van der Waals surface area contributed by atoms with Gasteiger partial charge in [0, 0.05) is 21.6 Å². The third-order valence-corrected chi connectivity index (χ3v) is 5.89. The first-order valence-corrected chi connectivity index (χ1v) is 10.5. The van der Waals surface area contributed by atoms with Crippen molar-refractivity contribution in [1.29, 1.82) is 0 Å². The molecule has 0 bridgehead atoms. The maximum atomic E-state index is 12.7. The maximum Gasteiger partial charge on any atom is 0.343 e. The number of hydrogen-bond acceptors (Lipinski definition) is 5. The molecule has 4 rings (SSSR count). The van der Waals surface area contributed by atoms with E-state index >= 15 is 0 Å². The van der Waals surface area contributed by atoms with Crippen LogP contribution in [0.3, 0.4) is 0 Å². The number of halogens is 1. The topological polar surface area (TPSA) is 41.9 Å². The summed E-state index contributed by atoms with van der Waals surface area (Å²) in [4.78, 5) is 13.5. The molecule has 1 heterocycles. The fraction of sp³-hybridized carbons (Fsp3) is 0.0435. The Labute approximate surface area is 181 Å². The molecule has 0 atom stereocenters. The Morgan fingerprint density at radius 2 is 1.79 bits per heavy atom. The molecule has 0 N–H and O–H groups in total. The molecule has 0 unspecified atom stereocenters. The molecule has 0 fully saturated rings. The van der Waals surface area contributed by atoms with Crippen LogP contribution < -0.4 is 9.75 Å². The highest BCUT2D eigenvalue weighted by Crippen LogP contribution is 2.37. The number of fused-ring (bicyclic) bond motifs is 1. The molecule has 0 aliphatic carbocycles. The minimum absolute atomic E-state index is 0.402. The monoisotopic (exact) mass is 464 g/mol. The van der Waals surface area contributed by atoms with Gasteiger partial charge in [0.25, 0.3) is 0 Å². The number of esters is 1. The lowest BCUT2D eigenvalue weighted by molar-refractivity contribution is 0.0737. The van der Waals surface area contributed by atoms with Crippen LogP contribution in [0, 0.1) is 0 Å². The van der Waals surface area contributed by atoms with Crippen LogP contribution >= 0.6 is 27.3 Å². The second-order valence-corrected chi connectivity index (χ2v) is 8.29.